The Labute approximate surface area is 154 Å². The van der Waals surface area contributed by atoms with Gasteiger partial charge < -0.3 is 15.4 Å². The molecule has 0 radical (unpaired) electrons. The first-order valence-electron chi connectivity index (χ1n) is 8.34. The Bertz CT molecular complexity index is 701. The molecule has 9 heteroatoms. The van der Waals surface area contributed by atoms with Crippen LogP contribution in [0.4, 0.5) is 8.78 Å². The number of aliphatic imine (C=N–C) groups is 1. The number of nitrogens with zero attached hydrogens (tertiary/aromatic N) is 1. The lowest BCUT2D eigenvalue weighted by atomic mass is 10.2. The molecule has 0 amide bonds. The molecule has 148 valence electrons. The highest BCUT2D eigenvalue weighted by molar-refractivity contribution is 7.92. The summed E-state index contributed by atoms with van der Waals surface area (Å²) in [6.07, 6.45) is 0. The maximum absolute atomic E-state index is 12.5. The minimum Gasteiger partial charge on any atom is -0.434 e. The summed E-state index contributed by atoms with van der Waals surface area (Å²) in [5.41, 5.74) is 0.507. The van der Waals surface area contributed by atoms with Crippen LogP contribution in [0.25, 0.3) is 0 Å². The predicted molar refractivity (Wildman–Crippen MR) is 99.4 cm³/mol. The van der Waals surface area contributed by atoms with Gasteiger partial charge in [-0.3, -0.25) is 0 Å². The van der Waals surface area contributed by atoms with Crippen LogP contribution in [0.1, 0.15) is 33.3 Å². The summed E-state index contributed by atoms with van der Waals surface area (Å²) in [4.78, 5) is 4.31. The SMILES string of the molecule is CCNC(=NCc1ccccc1OC(F)F)NCCS(=O)(=O)C(C)(C)C. The van der Waals surface area contributed by atoms with Crippen LogP contribution in [-0.2, 0) is 16.4 Å². The van der Waals surface area contributed by atoms with Crippen molar-refractivity contribution in [1.82, 2.24) is 10.6 Å². The Morgan fingerprint density at radius 1 is 1.23 bits per heavy atom. The third kappa shape index (κ3) is 7.15. The largest absolute Gasteiger partial charge is 0.434 e. The molecule has 0 heterocycles. The second kappa shape index (κ2) is 9.70. The van der Waals surface area contributed by atoms with E-state index >= 15 is 0 Å². The minimum absolute atomic E-state index is 0.0357. The fourth-order valence-corrected chi connectivity index (χ4v) is 2.94. The number of halogens is 2. The van der Waals surface area contributed by atoms with Crippen LogP contribution >= 0.6 is 0 Å². The molecule has 0 atom stereocenters. The van der Waals surface area contributed by atoms with Gasteiger partial charge in [-0.05, 0) is 33.8 Å². The number of ether oxygens (including phenoxy) is 1. The first-order chi connectivity index (χ1) is 12.1. The molecule has 0 aliphatic rings. The summed E-state index contributed by atoms with van der Waals surface area (Å²) in [7, 11) is -3.24. The van der Waals surface area contributed by atoms with Gasteiger partial charge >= 0.3 is 6.61 Å². The van der Waals surface area contributed by atoms with Crippen molar-refractivity contribution >= 4 is 15.8 Å². The van der Waals surface area contributed by atoms with E-state index in [9.17, 15) is 17.2 Å². The third-order valence-electron chi connectivity index (χ3n) is 3.54. The van der Waals surface area contributed by atoms with E-state index < -0.39 is 21.2 Å². The Hall–Kier alpha value is -1.90. The summed E-state index contributed by atoms with van der Waals surface area (Å²) in [6.45, 7) is 4.81. The maximum Gasteiger partial charge on any atom is 0.387 e. The molecule has 26 heavy (non-hydrogen) atoms. The highest BCUT2D eigenvalue weighted by atomic mass is 32.2. The maximum atomic E-state index is 12.5. The Kier molecular flexibility index (Phi) is 8.26. The number of hydrogen-bond acceptors (Lipinski definition) is 4. The second-order valence-corrected chi connectivity index (χ2v) is 9.40. The van der Waals surface area contributed by atoms with Gasteiger partial charge in [0.15, 0.2) is 15.8 Å². The molecular weight excluding hydrogens is 364 g/mol. The van der Waals surface area contributed by atoms with Crippen LogP contribution < -0.4 is 15.4 Å². The molecule has 0 fully saturated rings. The van der Waals surface area contributed by atoms with E-state index in [1.54, 1.807) is 39.0 Å². The number of nitrogens with one attached hydrogen (secondary N) is 2. The van der Waals surface area contributed by atoms with E-state index in [0.717, 1.165) is 0 Å². The van der Waals surface area contributed by atoms with Crippen molar-refractivity contribution in [1.29, 1.82) is 0 Å². The van der Waals surface area contributed by atoms with E-state index in [1.807, 2.05) is 6.92 Å². The van der Waals surface area contributed by atoms with Gasteiger partial charge in [-0.1, -0.05) is 18.2 Å². The summed E-state index contributed by atoms with van der Waals surface area (Å²) in [6, 6.07) is 6.41. The fraction of sp³-hybridized carbons (Fsp3) is 0.588. The van der Waals surface area contributed by atoms with E-state index in [2.05, 4.69) is 20.4 Å². The molecule has 0 unspecified atom stereocenters. The van der Waals surface area contributed by atoms with Crippen molar-refractivity contribution < 1.29 is 21.9 Å². The number of para-hydroxylation sites is 1. The summed E-state index contributed by atoms with van der Waals surface area (Å²) < 4.78 is 52.8. The van der Waals surface area contributed by atoms with Crippen molar-refractivity contribution in [2.24, 2.45) is 4.99 Å². The molecule has 1 aromatic carbocycles. The zero-order chi connectivity index (χ0) is 19.8. The van der Waals surface area contributed by atoms with Gasteiger partial charge in [-0.2, -0.15) is 8.78 Å². The zero-order valence-electron chi connectivity index (χ0n) is 15.6. The number of alkyl halides is 2. The highest BCUT2D eigenvalue weighted by Crippen LogP contribution is 2.21. The number of rotatable bonds is 8. The van der Waals surface area contributed by atoms with Crippen LogP contribution in [0.15, 0.2) is 29.3 Å². The fourth-order valence-electron chi connectivity index (χ4n) is 1.96. The molecule has 1 aromatic rings. The molecule has 6 nitrogen and oxygen atoms in total. The molecule has 0 bridgehead atoms. The summed E-state index contributed by atoms with van der Waals surface area (Å²) in [5, 5.41) is 5.94. The quantitative estimate of drug-likeness (QED) is 0.526. The smallest absolute Gasteiger partial charge is 0.387 e. The van der Waals surface area contributed by atoms with Crippen molar-refractivity contribution in [2.45, 2.75) is 45.6 Å². The van der Waals surface area contributed by atoms with Gasteiger partial charge in [-0.15, -0.1) is 0 Å². The van der Waals surface area contributed by atoms with Crippen LogP contribution in [-0.4, -0.2) is 44.6 Å². The molecule has 0 spiro atoms. The van der Waals surface area contributed by atoms with Gasteiger partial charge in [0.25, 0.3) is 0 Å². The Morgan fingerprint density at radius 2 is 1.88 bits per heavy atom. The summed E-state index contributed by atoms with van der Waals surface area (Å²) >= 11 is 0. The van der Waals surface area contributed by atoms with E-state index in [0.29, 0.717) is 18.1 Å². The molecule has 0 aromatic heterocycles. The van der Waals surface area contributed by atoms with Crippen molar-refractivity contribution in [3.63, 3.8) is 0 Å². The second-order valence-electron chi connectivity index (χ2n) is 6.54. The van der Waals surface area contributed by atoms with Gasteiger partial charge in [0.2, 0.25) is 0 Å². The predicted octanol–water partition coefficient (Wildman–Crippen LogP) is 2.56. The van der Waals surface area contributed by atoms with Crippen LogP contribution in [0.2, 0.25) is 0 Å². The van der Waals surface area contributed by atoms with Crippen molar-refractivity contribution in [3.05, 3.63) is 29.8 Å². The lowest BCUT2D eigenvalue weighted by Crippen LogP contribution is -2.41. The molecular formula is C17H27F2N3O3S. The molecule has 2 N–H and O–H groups in total. The number of sulfone groups is 1. The third-order valence-corrected chi connectivity index (χ3v) is 6.14. The molecule has 1 rings (SSSR count). The van der Waals surface area contributed by atoms with Gasteiger partial charge in [0.05, 0.1) is 17.0 Å². The summed E-state index contributed by atoms with van der Waals surface area (Å²) in [5.74, 6) is 0.437. The average Bonchev–Trinajstić information content (AvgIpc) is 2.52. The highest BCUT2D eigenvalue weighted by Gasteiger charge is 2.28. The van der Waals surface area contributed by atoms with E-state index in [1.165, 1.54) is 6.07 Å². The van der Waals surface area contributed by atoms with Gasteiger partial charge in [0, 0.05) is 18.7 Å². The molecule has 0 saturated carbocycles. The number of guanidine groups is 1. The number of benzene rings is 1. The van der Waals surface area contributed by atoms with E-state index in [4.69, 9.17) is 0 Å². The average molecular weight is 391 g/mol. The molecule has 0 aliphatic carbocycles. The lowest BCUT2D eigenvalue weighted by molar-refractivity contribution is -0.0504. The van der Waals surface area contributed by atoms with Crippen molar-refractivity contribution in [3.8, 4) is 5.75 Å². The zero-order valence-corrected chi connectivity index (χ0v) is 16.4. The first kappa shape index (κ1) is 22.1. The van der Waals surface area contributed by atoms with Crippen LogP contribution in [0.3, 0.4) is 0 Å². The van der Waals surface area contributed by atoms with E-state index in [-0.39, 0.29) is 24.6 Å². The minimum atomic E-state index is -3.24. The van der Waals surface area contributed by atoms with Crippen molar-refractivity contribution in [2.75, 3.05) is 18.8 Å². The monoisotopic (exact) mass is 391 g/mol. The standard InChI is InChI=1S/C17H27F2N3O3S/c1-5-20-16(21-10-11-26(23,24)17(2,3)4)22-12-13-8-6-7-9-14(13)25-15(18)19/h6-9,15H,5,10-12H2,1-4H3,(H2,20,21,22). The van der Waals surface area contributed by atoms with Gasteiger partial charge in [0.1, 0.15) is 5.75 Å². The van der Waals surface area contributed by atoms with Gasteiger partial charge in [-0.25, -0.2) is 13.4 Å². The molecule has 0 saturated heterocycles. The van der Waals surface area contributed by atoms with Crippen LogP contribution in [0.5, 0.6) is 5.75 Å². The lowest BCUT2D eigenvalue weighted by Gasteiger charge is -2.19. The normalized spacial score (nSPS) is 13.0. The first-order valence-corrected chi connectivity index (χ1v) is 9.99. The number of hydrogen-bond donors (Lipinski definition) is 2. The molecule has 0 aliphatic heterocycles. The Balaban J connectivity index is 2.76. The topological polar surface area (TPSA) is 79.8 Å². The Morgan fingerprint density at radius 3 is 2.46 bits per heavy atom. The van der Waals surface area contributed by atoms with Crippen LogP contribution in [0, 0.1) is 0 Å².